The molecule has 1 aromatic heterocycles. The Kier molecular flexibility index (Phi) is 13.8. The fourth-order valence-electron chi connectivity index (χ4n) is 7.43. The van der Waals surface area contributed by atoms with Crippen molar-refractivity contribution in [2.75, 3.05) is 26.6 Å². The molecule has 0 spiro atoms. The van der Waals surface area contributed by atoms with Gasteiger partial charge in [-0.2, -0.15) is 13.2 Å². The number of benzene rings is 3. The molecular formula is C43H51F4N5O7. The van der Waals surface area contributed by atoms with Crippen LogP contribution in [0.4, 0.5) is 23.2 Å². The number of ether oxygens (including phenoxy) is 3. The minimum atomic E-state index is -4.67. The van der Waals surface area contributed by atoms with Crippen LogP contribution in [0.25, 0.3) is 10.9 Å². The zero-order chi connectivity index (χ0) is 43.2. The quantitative estimate of drug-likeness (QED) is 0.0793. The van der Waals surface area contributed by atoms with Crippen LogP contribution in [0.1, 0.15) is 69.3 Å². The lowest BCUT2D eigenvalue weighted by Crippen LogP contribution is -2.67. The summed E-state index contributed by atoms with van der Waals surface area (Å²) in [5.74, 6) is -3.42. The third-order valence-electron chi connectivity index (χ3n) is 11.3. The van der Waals surface area contributed by atoms with Gasteiger partial charge in [-0.3, -0.25) is 19.2 Å². The molecule has 0 aliphatic heterocycles. The molecule has 0 radical (unpaired) electrons. The number of carbonyl (C=O) groups excluding carboxylic acids is 4. The molecule has 5 rings (SSSR count). The van der Waals surface area contributed by atoms with Crippen LogP contribution in [0.3, 0.4) is 0 Å². The number of H-pyrrole nitrogens is 1. The van der Waals surface area contributed by atoms with Gasteiger partial charge in [-0.05, 0) is 47.9 Å². The fourth-order valence-corrected chi connectivity index (χ4v) is 7.43. The lowest BCUT2D eigenvalue weighted by Gasteiger charge is -2.39. The first-order valence-electron chi connectivity index (χ1n) is 19.5. The third-order valence-corrected chi connectivity index (χ3v) is 11.3. The number of anilines is 1. The summed E-state index contributed by atoms with van der Waals surface area (Å²) in [7, 11) is 4.26. The van der Waals surface area contributed by atoms with Crippen molar-refractivity contribution in [1.29, 1.82) is 0 Å². The van der Waals surface area contributed by atoms with E-state index in [4.69, 9.17) is 14.2 Å². The van der Waals surface area contributed by atoms with Crippen molar-refractivity contribution < 1.29 is 51.0 Å². The highest BCUT2D eigenvalue weighted by Gasteiger charge is 2.47. The van der Waals surface area contributed by atoms with E-state index in [-0.39, 0.29) is 59.3 Å². The molecule has 5 atom stereocenters. The first kappa shape index (κ1) is 44.3. The van der Waals surface area contributed by atoms with E-state index in [1.165, 1.54) is 51.7 Å². The summed E-state index contributed by atoms with van der Waals surface area (Å²) in [6.07, 6.45) is -4.42. The fraction of sp³-hybridized carbons (Fsp3) is 0.442. The zero-order valence-corrected chi connectivity index (χ0v) is 34.1. The van der Waals surface area contributed by atoms with Gasteiger partial charge in [0.2, 0.25) is 23.6 Å². The van der Waals surface area contributed by atoms with Crippen molar-refractivity contribution in [3.63, 3.8) is 0 Å². The van der Waals surface area contributed by atoms with E-state index >= 15 is 0 Å². The number of carbonyl (C=O) groups is 4. The van der Waals surface area contributed by atoms with E-state index in [1.54, 1.807) is 32.0 Å². The first-order chi connectivity index (χ1) is 28.0. The molecule has 318 valence electrons. The summed E-state index contributed by atoms with van der Waals surface area (Å²) in [5, 5.41) is 11.6. The highest BCUT2D eigenvalue weighted by atomic mass is 19.4. The second kappa shape index (κ2) is 18.4. The van der Waals surface area contributed by atoms with Crippen molar-refractivity contribution >= 4 is 40.2 Å². The lowest BCUT2D eigenvalue weighted by molar-refractivity contribution is -0.138. The molecule has 0 saturated heterocycles. The van der Waals surface area contributed by atoms with Gasteiger partial charge in [0.15, 0.2) is 0 Å². The number of hydrogen-bond donors (Lipinski definition) is 5. The van der Waals surface area contributed by atoms with E-state index < -0.39 is 70.6 Å². The summed E-state index contributed by atoms with van der Waals surface area (Å²) >= 11 is 0. The molecule has 1 aliphatic rings. The van der Waals surface area contributed by atoms with Gasteiger partial charge in [0.05, 0.1) is 38.8 Å². The zero-order valence-electron chi connectivity index (χ0n) is 34.1. The summed E-state index contributed by atoms with van der Waals surface area (Å²) in [6.45, 7) is 7.15. The number of amides is 4. The number of aromatic nitrogens is 1. The number of halogens is 4. The minimum absolute atomic E-state index is 0.0586. The number of aromatic amines is 1. The Bertz CT molecular complexity index is 2170. The monoisotopic (exact) mass is 825 g/mol. The molecule has 0 fully saturated rings. The van der Waals surface area contributed by atoms with Gasteiger partial charge in [-0.15, -0.1) is 0 Å². The predicted molar refractivity (Wildman–Crippen MR) is 214 cm³/mol. The molecule has 59 heavy (non-hydrogen) atoms. The van der Waals surface area contributed by atoms with Crippen LogP contribution in [-0.4, -0.2) is 67.6 Å². The number of rotatable bonds is 16. The highest BCUT2D eigenvalue weighted by molar-refractivity contribution is 6.02. The Balaban J connectivity index is 1.54. The van der Waals surface area contributed by atoms with Crippen LogP contribution < -0.4 is 35.5 Å². The molecule has 12 nitrogen and oxygen atoms in total. The molecular weight excluding hydrogens is 774 g/mol. The van der Waals surface area contributed by atoms with E-state index in [1.807, 2.05) is 13.8 Å². The largest absolute Gasteiger partial charge is 0.496 e. The smallest absolute Gasteiger partial charge is 0.418 e. The maximum atomic E-state index is 14.9. The molecule has 16 heteroatoms. The molecule has 0 bridgehead atoms. The van der Waals surface area contributed by atoms with Gasteiger partial charge < -0.3 is 40.5 Å². The maximum absolute atomic E-state index is 14.9. The van der Waals surface area contributed by atoms with E-state index in [0.29, 0.717) is 29.8 Å². The molecule has 4 amide bonds. The van der Waals surface area contributed by atoms with Gasteiger partial charge >= 0.3 is 6.18 Å². The Hall–Kier alpha value is -5.80. The maximum Gasteiger partial charge on any atom is 0.418 e. The Morgan fingerprint density at radius 2 is 1.47 bits per heavy atom. The van der Waals surface area contributed by atoms with Gasteiger partial charge in [-0.25, -0.2) is 4.39 Å². The van der Waals surface area contributed by atoms with E-state index in [9.17, 15) is 36.7 Å². The van der Waals surface area contributed by atoms with Crippen LogP contribution in [-0.2, 0) is 44.6 Å². The number of aryl methyl sites for hydroxylation is 1. The second-order valence-electron chi connectivity index (χ2n) is 15.0. The van der Waals surface area contributed by atoms with Gasteiger partial charge in [0.1, 0.15) is 46.4 Å². The van der Waals surface area contributed by atoms with Crippen LogP contribution in [0, 0.1) is 17.7 Å². The van der Waals surface area contributed by atoms with Crippen molar-refractivity contribution in [3.05, 3.63) is 82.8 Å². The number of alkyl halides is 3. The summed E-state index contributed by atoms with van der Waals surface area (Å²) in [6, 6.07) is 10.3. The molecule has 1 heterocycles. The van der Waals surface area contributed by atoms with Crippen molar-refractivity contribution in [1.82, 2.24) is 20.9 Å². The second-order valence-corrected chi connectivity index (χ2v) is 15.0. The Labute approximate surface area is 340 Å². The van der Waals surface area contributed by atoms with Crippen LogP contribution >= 0.6 is 0 Å². The molecule has 0 saturated carbocycles. The van der Waals surface area contributed by atoms with E-state index in [0.717, 1.165) is 6.07 Å². The summed E-state index contributed by atoms with van der Waals surface area (Å²) < 4.78 is 73.3. The van der Waals surface area contributed by atoms with Crippen molar-refractivity contribution in [2.24, 2.45) is 11.8 Å². The minimum Gasteiger partial charge on any atom is -0.496 e. The predicted octanol–water partition coefficient (Wildman–Crippen LogP) is 6.64. The van der Waals surface area contributed by atoms with Gasteiger partial charge in [-0.1, -0.05) is 70.9 Å². The molecule has 1 aliphatic carbocycles. The number of hydrogen-bond acceptors (Lipinski definition) is 7. The molecule has 4 aromatic rings. The van der Waals surface area contributed by atoms with Crippen molar-refractivity contribution in [3.8, 4) is 17.2 Å². The Morgan fingerprint density at radius 3 is 2.05 bits per heavy atom. The molecule has 2 unspecified atom stereocenters. The SMILES string of the molecule is CCC(C)[C@H](NC(=O)Cc1ccccc1F)C(=O)N[C@]1(C(=O)NC(C(=O)Nc2c(OC)cc(OC)cc2OC)[C@@H](C)CC)CCc2[nH]c3c(C(F)(F)F)cccc3c2C1. The first-order valence-corrected chi connectivity index (χ1v) is 19.5. The average molecular weight is 826 g/mol. The third kappa shape index (κ3) is 9.58. The van der Waals surface area contributed by atoms with Crippen LogP contribution in [0.2, 0.25) is 0 Å². The number of nitrogens with one attached hydrogen (secondary N) is 5. The van der Waals surface area contributed by atoms with Gasteiger partial charge in [0, 0.05) is 29.6 Å². The summed E-state index contributed by atoms with van der Waals surface area (Å²) in [4.78, 5) is 59.8. The Morgan fingerprint density at radius 1 is 0.847 bits per heavy atom. The van der Waals surface area contributed by atoms with E-state index in [2.05, 4.69) is 26.3 Å². The highest BCUT2D eigenvalue weighted by Crippen LogP contribution is 2.41. The summed E-state index contributed by atoms with van der Waals surface area (Å²) in [5.41, 5.74) is -1.66. The number of methoxy groups -OCH3 is 3. The number of para-hydroxylation sites is 1. The molecule has 3 aromatic carbocycles. The normalized spacial score (nSPS) is 17.1. The van der Waals surface area contributed by atoms with Crippen LogP contribution in [0.15, 0.2) is 54.6 Å². The van der Waals surface area contributed by atoms with Crippen LogP contribution in [0.5, 0.6) is 17.2 Å². The lowest BCUT2D eigenvalue weighted by atomic mass is 9.78. The average Bonchev–Trinajstić information content (AvgIpc) is 3.59. The standard InChI is InChI=1S/C43H51F4N5O7/c1-8-23(3)35(39(54)50-38-32(58-6)20-26(57-5)21-33(38)59-7)51-41(56)42(18-17-31-28(22-42)27-14-12-15-29(37(27)48-31)43(45,46)47)52-40(55)36(24(4)9-2)49-34(53)19-25-13-10-11-16-30(25)44/h10-16,20-21,23-24,35-36,48H,8-9,17-19,22H2,1-7H3,(H,49,53)(H,50,54)(H,51,56)(H,52,55)/t23-,24?,35?,36-,42+/m0/s1. The number of fused-ring (bicyclic) bond motifs is 3. The van der Waals surface area contributed by atoms with Gasteiger partial charge in [0.25, 0.3) is 0 Å². The topological polar surface area (TPSA) is 160 Å². The molecule has 5 N–H and O–H groups in total. The van der Waals surface area contributed by atoms with Crippen molar-refractivity contribution in [2.45, 2.75) is 90.0 Å².